The summed E-state index contributed by atoms with van der Waals surface area (Å²) in [6.07, 6.45) is 5.32. The predicted octanol–water partition coefficient (Wildman–Crippen LogP) is 1.84. The SMILES string of the molecule is CC(=O)c1ccc(OCC(=O)NC2CCCN(c3ncccn3)C2)cc1. The van der Waals surface area contributed by atoms with Gasteiger partial charge in [0.25, 0.3) is 5.91 Å². The van der Waals surface area contributed by atoms with E-state index in [0.29, 0.717) is 23.8 Å². The zero-order chi connectivity index (χ0) is 18.4. The van der Waals surface area contributed by atoms with Crippen molar-refractivity contribution in [2.24, 2.45) is 0 Å². The minimum absolute atomic E-state index is 0.00135. The van der Waals surface area contributed by atoms with Crippen LogP contribution in [0.3, 0.4) is 0 Å². The number of ether oxygens (including phenoxy) is 1. The first kappa shape index (κ1) is 17.8. The Balaban J connectivity index is 1.47. The van der Waals surface area contributed by atoms with Crippen LogP contribution >= 0.6 is 0 Å². The van der Waals surface area contributed by atoms with E-state index in [4.69, 9.17) is 4.74 Å². The molecular weight excluding hydrogens is 332 g/mol. The van der Waals surface area contributed by atoms with E-state index in [1.54, 1.807) is 42.7 Å². The summed E-state index contributed by atoms with van der Waals surface area (Å²) >= 11 is 0. The molecule has 0 aliphatic carbocycles. The smallest absolute Gasteiger partial charge is 0.258 e. The van der Waals surface area contributed by atoms with Gasteiger partial charge in [0.1, 0.15) is 5.75 Å². The number of rotatable bonds is 6. The first-order valence-electron chi connectivity index (χ1n) is 8.67. The van der Waals surface area contributed by atoms with Gasteiger partial charge in [0.2, 0.25) is 5.95 Å². The number of carbonyl (C=O) groups excluding carboxylic acids is 2. The van der Waals surface area contributed by atoms with Crippen molar-refractivity contribution >= 4 is 17.6 Å². The number of ketones is 1. The Hall–Kier alpha value is -2.96. The molecule has 1 aliphatic heterocycles. The van der Waals surface area contributed by atoms with Gasteiger partial charge in [-0.3, -0.25) is 9.59 Å². The third kappa shape index (κ3) is 4.78. The van der Waals surface area contributed by atoms with Crippen LogP contribution in [0.1, 0.15) is 30.1 Å². The van der Waals surface area contributed by atoms with Crippen molar-refractivity contribution < 1.29 is 14.3 Å². The second-order valence-corrected chi connectivity index (χ2v) is 6.27. The topological polar surface area (TPSA) is 84.4 Å². The fourth-order valence-corrected chi connectivity index (χ4v) is 2.94. The highest BCUT2D eigenvalue weighted by Gasteiger charge is 2.23. The van der Waals surface area contributed by atoms with Crippen molar-refractivity contribution in [3.63, 3.8) is 0 Å². The van der Waals surface area contributed by atoms with Gasteiger partial charge in [-0.15, -0.1) is 0 Å². The Bertz CT molecular complexity index is 749. The maximum Gasteiger partial charge on any atom is 0.258 e. The molecule has 0 spiro atoms. The Labute approximate surface area is 152 Å². The molecule has 1 unspecified atom stereocenters. The maximum atomic E-state index is 12.2. The van der Waals surface area contributed by atoms with Gasteiger partial charge >= 0.3 is 0 Å². The number of hydrogen-bond donors (Lipinski definition) is 1. The highest BCUT2D eigenvalue weighted by atomic mass is 16.5. The molecule has 1 aromatic heterocycles. The molecule has 1 aliphatic rings. The average Bonchev–Trinajstić information content (AvgIpc) is 2.67. The lowest BCUT2D eigenvalue weighted by Gasteiger charge is -2.33. The summed E-state index contributed by atoms with van der Waals surface area (Å²) < 4.78 is 5.49. The number of hydrogen-bond acceptors (Lipinski definition) is 6. The predicted molar refractivity (Wildman–Crippen MR) is 97.4 cm³/mol. The number of carbonyl (C=O) groups is 2. The van der Waals surface area contributed by atoms with E-state index < -0.39 is 0 Å². The number of aromatic nitrogens is 2. The van der Waals surface area contributed by atoms with Gasteiger partial charge in [0, 0.05) is 37.1 Å². The summed E-state index contributed by atoms with van der Waals surface area (Å²) in [6, 6.07) is 8.59. The Kier molecular flexibility index (Phi) is 5.78. The third-order valence-electron chi connectivity index (χ3n) is 4.25. The summed E-state index contributed by atoms with van der Waals surface area (Å²) in [5.74, 6) is 1.08. The number of Topliss-reactive ketones (excluding diaryl/α,β-unsaturated/α-hetero) is 1. The van der Waals surface area contributed by atoms with Crippen LogP contribution in [-0.4, -0.2) is 47.4 Å². The van der Waals surface area contributed by atoms with E-state index in [1.807, 2.05) is 0 Å². The lowest BCUT2D eigenvalue weighted by atomic mass is 10.1. The molecule has 2 heterocycles. The van der Waals surface area contributed by atoms with Gasteiger partial charge in [0.15, 0.2) is 12.4 Å². The highest BCUT2D eigenvalue weighted by Crippen LogP contribution is 2.15. The molecule has 136 valence electrons. The van der Waals surface area contributed by atoms with Crippen LogP contribution in [0.5, 0.6) is 5.75 Å². The molecule has 1 N–H and O–H groups in total. The monoisotopic (exact) mass is 354 g/mol. The van der Waals surface area contributed by atoms with Gasteiger partial charge < -0.3 is 15.0 Å². The van der Waals surface area contributed by atoms with Crippen LogP contribution in [0.15, 0.2) is 42.7 Å². The van der Waals surface area contributed by atoms with E-state index in [0.717, 1.165) is 19.4 Å². The molecule has 1 fully saturated rings. The number of benzene rings is 1. The van der Waals surface area contributed by atoms with E-state index >= 15 is 0 Å². The van der Waals surface area contributed by atoms with Crippen molar-refractivity contribution in [2.75, 3.05) is 24.6 Å². The second kappa shape index (κ2) is 8.42. The van der Waals surface area contributed by atoms with Crippen molar-refractivity contribution in [2.45, 2.75) is 25.8 Å². The molecule has 1 atom stereocenters. The Morgan fingerprint density at radius 2 is 1.96 bits per heavy atom. The number of nitrogens with zero attached hydrogens (tertiary/aromatic N) is 3. The zero-order valence-electron chi connectivity index (χ0n) is 14.7. The average molecular weight is 354 g/mol. The normalized spacial score (nSPS) is 16.8. The van der Waals surface area contributed by atoms with Gasteiger partial charge in [-0.05, 0) is 50.1 Å². The quantitative estimate of drug-likeness (QED) is 0.797. The molecular formula is C19H22N4O3. The lowest BCUT2D eigenvalue weighted by Crippen LogP contribution is -2.49. The van der Waals surface area contributed by atoms with Crippen molar-refractivity contribution in [3.05, 3.63) is 48.3 Å². The minimum atomic E-state index is -0.165. The van der Waals surface area contributed by atoms with E-state index in [9.17, 15) is 9.59 Å². The molecule has 7 nitrogen and oxygen atoms in total. The van der Waals surface area contributed by atoms with Crippen molar-refractivity contribution in [1.29, 1.82) is 0 Å². The van der Waals surface area contributed by atoms with E-state index in [2.05, 4.69) is 20.2 Å². The Morgan fingerprint density at radius 3 is 2.65 bits per heavy atom. The van der Waals surface area contributed by atoms with Gasteiger partial charge in [-0.1, -0.05) is 0 Å². The van der Waals surface area contributed by atoms with Crippen LogP contribution in [0.4, 0.5) is 5.95 Å². The molecule has 0 radical (unpaired) electrons. The van der Waals surface area contributed by atoms with Gasteiger partial charge in [-0.25, -0.2) is 9.97 Å². The molecule has 0 saturated carbocycles. The summed E-state index contributed by atoms with van der Waals surface area (Å²) in [5, 5.41) is 3.00. The first-order valence-corrected chi connectivity index (χ1v) is 8.67. The molecule has 26 heavy (non-hydrogen) atoms. The molecule has 3 rings (SSSR count). The van der Waals surface area contributed by atoms with Gasteiger partial charge in [0.05, 0.1) is 0 Å². The van der Waals surface area contributed by atoms with E-state index in [-0.39, 0.29) is 24.3 Å². The minimum Gasteiger partial charge on any atom is -0.484 e. The molecule has 1 saturated heterocycles. The van der Waals surface area contributed by atoms with E-state index in [1.165, 1.54) is 6.92 Å². The summed E-state index contributed by atoms with van der Waals surface area (Å²) in [4.78, 5) is 34.0. The highest BCUT2D eigenvalue weighted by molar-refractivity contribution is 5.94. The first-order chi connectivity index (χ1) is 12.6. The second-order valence-electron chi connectivity index (χ2n) is 6.27. The number of anilines is 1. The van der Waals surface area contributed by atoms with Crippen LogP contribution < -0.4 is 15.0 Å². The number of amides is 1. The maximum absolute atomic E-state index is 12.2. The van der Waals surface area contributed by atoms with Crippen molar-refractivity contribution in [3.8, 4) is 5.75 Å². The van der Waals surface area contributed by atoms with Crippen LogP contribution in [0.2, 0.25) is 0 Å². The Morgan fingerprint density at radius 1 is 1.23 bits per heavy atom. The molecule has 2 aromatic rings. The van der Waals surface area contributed by atoms with Gasteiger partial charge in [-0.2, -0.15) is 0 Å². The van der Waals surface area contributed by atoms with Crippen LogP contribution in [0, 0.1) is 0 Å². The third-order valence-corrected chi connectivity index (χ3v) is 4.25. The summed E-state index contributed by atoms with van der Waals surface area (Å²) in [5.41, 5.74) is 0.618. The largest absolute Gasteiger partial charge is 0.484 e. The standard InChI is InChI=1S/C19H22N4O3/c1-14(24)15-5-7-17(8-6-15)26-13-18(25)22-16-4-2-11-23(12-16)19-20-9-3-10-21-19/h3,5-10,16H,2,4,11-13H2,1H3,(H,22,25). The fourth-order valence-electron chi connectivity index (χ4n) is 2.94. The number of piperidine rings is 1. The lowest BCUT2D eigenvalue weighted by molar-refractivity contribution is -0.123. The summed E-state index contributed by atoms with van der Waals surface area (Å²) in [7, 11) is 0. The van der Waals surface area contributed by atoms with Crippen LogP contribution in [0.25, 0.3) is 0 Å². The van der Waals surface area contributed by atoms with Crippen LogP contribution in [-0.2, 0) is 4.79 Å². The molecule has 1 aromatic carbocycles. The molecule has 0 bridgehead atoms. The number of nitrogens with one attached hydrogen (secondary N) is 1. The molecule has 1 amide bonds. The zero-order valence-corrected chi connectivity index (χ0v) is 14.7. The molecule has 7 heteroatoms. The van der Waals surface area contributed by atoms with Crippen molar-refractivity contribution in [1.82, 2.24) is 15.3 Å². The summed E-state index contributed by atoms with van der Waals surface area (Å²) in [6.45, 7) is 3.02. The fraction of sp³-hybridized carbons (Fsp3) is 0.368.